The lowest BCUT2D eigenvalue weighted by atomic mass is 10.1. The van der Waals surface area contributed by atoms with E-state index >= 15 is 0 Å². The van der Waals surface area contributed by atoms with Gasteiger partial charge in [-0.3, -0.25) is 4.79 Å². The van der Waals surface area contributed by atoms with Crippen molar-refractivity contribution in [3.8, 4) is 11.5 Å². The Kier molecular flexibility index (Phi) is 6.27. The van der Waals surface area contributed by atoms with Gasteiger partial charge < -0.3 is 20.0 Å². The predicted molar refractivity (Wildman–Crippen MR) is 87.0 cm³/mol. The van der Waals surface area contributed by atoms with Gasteiger partial charge in [0.1, 0.15) is 6.61 Å². The summed E-state index contributed by atoms with van der Waals surface area (Å²) >= 11 is 0. The normalized spacial score (nSPS) is 10.9. The molecule has 0 bridgehead atoms. The van der Waals surface area contributed by atoms with Gasteiger partial charge in [0, 0.05) is 11.1 Å². The number of nitrogens with two attached hydrogens (primary N) is 1. The van der Waals surface area contributed by atoms with Gasteiger partial charge in [0.15, 0.2) is 11.5 Å². The van der Waals surface area contributed by atoms with Gasteiger partial charge >= 0.3 is 6.61 Å². The van der Waals surface area contributed by atoms with Crippen molar-refractivity contribution in [2.24, 2.45) is 10.9 Å². The highest BCUT2D eigenvalue weighted by atomic mass is 19.3. The number of methoxy groups -OCH3 is 1. The third-order valence-corrected chi connectivity index (χ3v) is 3.15. The van der Waals surface area contributed by atoms with Gasteiger partial charge in [-0.25, -0.2) is 0 Å². The molecule has 0 aliphatic carbocycles. The first-order valence-corrected chi connectivity index (χ1v) is 7.16. The maximum absolute atomic E-state index is 12.3. The van der Waals surface area contributed by atoms with Gasteiger partial charge in [-0.2, -0.15) is 8.78 Å². The van der Waals surface area contributed by atoms with Crippen molar-refractivity contribution >= 4 is 12.1 Å². The molecule has 132 valence electrons. The number of carbonyl (C=O) groups excluding carboxylic acids is 1. The van der Waals surface area contributed by atoms with Crippen molar-refractivity contribution in [1.82, 2.24) is 0 Å². The molecule has 1 amide bonds. The van der Waals surface area contributed by atoms with Crippen LogP contribution in [0.2, 0.25) is 0 Å². The summed E-state index contributed by atoms with van der Waals surface area (Å²) in [5.74, 6) is -0.407. The van der Waals surface area contributed by atoms with E-state index in [-0.39, 0.29) is 18.1 Å². The number of rotatable bonds is 8. The summed E-state index contributed by atoms with van der Waals surface area (Å²) in [7, 11) is 1.35. The number of hydrogen-bond donors (Lipinski definition) is 1. The molecule has 0 fully saturated rings. The van der Waals surface area contributed by atoms with E-state index in [4.69, 9.17) is 15.3 Å². The van der Waals surface area contributed by atoms with Crippen LogP contribution in [0, 0.1) is 0 Å². The molecule has 0 unspecified atom stereocenters. The van der Waals surface area contributed by atoms with Gasteiger partial charge in [0.25, 0.3) is 0 Å². The smallest absolute Gasteiger partial charge is 0.387 e. The largest absolute Gasteiger partial charge is 0.493 e. The first-order chi connectivity index (χ1) is 12.0. The fraction of sp³-hybridized carbons (Fsp3) is 0.176. The Bertz CT molecular complexity index is 749. The van der Waals surface area contributed by atoms with E-state index in [9.17, 15) is 13.6 Å². The Balaban J connectivity index is 1.94. The number of primary amides is 1. The monoisotopic (exact) mass is 350 g/mol. The van der Waals surface area contributed by atoms with E-state index in [2.05, 4.69) is 9.89 Å². The summed E-state index contributed by atoms with van der Waals surface area (Å²) in [6, 6.07) is 11.0. The number of hydrogen-bond acceptors (Lipinski definition) is 5. The van der Waals surface area contributed by atoms with Gasteiger partial charge in [-0.05, 0) is 35.9 Å². The second kappa shape index (κ2) is 8.62. The van der Waals surface area contributed by atoms with Crippen molar-refractivity contribution in [3.63, 3.8) is 0 Å². The molecule has 0 atom stereocenters. The fourth-order valence-electron chi connectivity index (χ4n) is 1.93. The molecule has 0 heterocycles. The molecule has 8 heteroatoms. The summed E-state index contributed by atoms with van der Waals surface area (Å²) in [6.45, 7) is -2.74. The molecule has 2 N–H and O–H groups in total. The van der Waals surface area contributed by atoms with E-state index in [1.165, 1.54) is 31.5 Å². The highest BCUT2D eigenvalue weighted by molar-refractivity contribution is 5.92. The Morgan fingerprint density at radius 3 is 2.52 bits per heavy atom. The number of benzene rings is 2. The first-order valence-electron chi connectivity index (χ1n) is 7.16. The molecule has 2 aromatic carbocycles. The maximum atomic E-state index is 12.3. The lowest BCUT2D eigenvalue weighted by molar-refractivity contribution is -0.0512. The Morgan fingerprint density at radius 1 is 1.20 bits per heavy atom. The van der Waals surface area contributed by atoms with Gasteiger partial charge in [-0.15, -0.1) is 0 Å². The Morgan fingerprint density at radius 2 is 1.92 bits per heavy atom. The van der Waals surface area contributed by atoms with E-state index in [0.29, 0.717) is 11.1 Å². The molecular weight excluding hydrogens is 334 g/mol. The van der Waals surface area contributed by atoms with Crippen LogP contribution in [0.4, 0.5) is 8.78 Å². The number of halogens is 2. The van der Waals surface area contributed by atoms with Crippen LogP contribution in [0.25, 0.3) is 0 Å². The zero-order valence-electron chi connectivity index (χ0n) is 13.3. The van der Waals surface area contributed by atoms with Crippen LogP contribution >= 0.6 is 0 Å². The predicted octanol–water partition coefficient (Wildman–Crippen LogP) is 2.95. The number of nitrogens with zero attached hydrogens (tertiary/aromatic N) is 1. The molecule has 0 spiro atoms. The van der Waals surface area contributed by atoms with Crippen LogP contribution in [0.1, 0.15) is 21.5 Å². The summed E-state index contributed by atoms with van der Waals surface area (Å²) in [5, 5.41) is 3.80. The molecule has 0 saturated carbocycles. The molecule has 25 heavy (non-hydrogen) atoms. The SMILES string of the molecule is COc1cc(/C=N\OCc2ccc(C(N)=O)cc2)ccc1OC(F)F. The number of ether oxygens (including phenoxy) is 2. The van der Waals surface area contributed by atoms with Crippen LogP contribution in [-0.4, -0.2) is 25.8 Å². The third-order valence-electron chi connectivity index (χ3n) is 3.15. The van der Waals surface area contributed by atoms with Crippen LogP contribution in [0.5, 0.6) is 11.5 Å². The van der Waals surface area contributed by atoms with E-state index in [1.807, 2.05) is 0 Å². The Hall–Kier alpha value is -3.16. The summed E-state index contributed by atoms with van der Waals surface area (Å²) in [4.78, 5) is 16.1. The maximum Gasteiger partial charge on any atom is 0.387 e. The lowest BCUT2D eigenvalue weighted by Gasteiger charge is -2.09. The molecule has 0 saturated heterocycles. The van der Waals surface area contributed by atoms with Gasteiger partial charge in [-0.1, -0.05) is 17.3 Å². The molecular formula is C17H16F2N2O4. The quantitative estimate of drug-likeness (QED) is 0.586. The number of alkyl halides is 2. The highest BCUT2D eigenvalue weighted by Gasteiger charge is 2.10. The standard InChI is InChI=1S/C17H16F2N2O4/c1-23-15-8-12(4-7-14(15)25-17(18)19)9-21-24-10-11-2-5-13(6-3-11)16(20)22/h2-9,17H,10H2,1H3,(H2,20,22)/b21-9-. The zero-order valence-corrected chi connectivity index (χ0v) is 13.3. The van der Waals surface area contributed by atoms with Crippen LogP contribution in [0.3, 0.4) is 0 Å². The van der Waals surface area contributed by atoms with Crippen molar-refractivity contribution in [2.75, 3.05) is 7.11 Å². The minimum Gasteiger partial charge on any atom is -0.493 e. The third kappa shape index (κ3) is 5.45. The average Bonchev–Trinajstić information content (AvgIpc) is 2.59. The molecule has 6 nitrogen and oxygen atoms in total. The lowest BCUT2D eigenvalue weighted by Crippen LogP contribution is -2.10. The first kappa shape index (κ1) is 18.2. The molecule has 0 aliphatic heterocycles. The van der Waals surface area contributed by atoms with Gasteiger partial charge in [0.05, 0.1) is 13.3 Å². The van der Waals surface area contributed by atoms with Gasteiger partial charge in [0.2, 0.25) is 5.91 Å². The van der Waals surface area contributed by atoms with E-state index in [0.717, 1.165) is 5.56 Å². The molecule has 2 rings (SSSR count). The fourth-order valence-corrected chi connectivity index (χ4v) is 1.93. The number of amides is 1. The van der Waals surface area contributed by atoms with Crippen molar-refractivity contribution < 1.29 is 27.9 Å². The van der Waals surface area contributed by atoms with Crippen molar-refractivity contribution in [3.05, 3.63) is 59.2 Å². The zero-order chi connectivity index (χ0) is 18.2. The van der Waals surface area contributed by atoms with E-state index < -0.39 is 12.5 Å². The van der Waals surface area contributed by atoms with Crippen LogP contribution in [0.15, 0.2) is 47.6 Å². The summed E-state index contributed by atoms with van der Waals surface area (Å²) < 4.78 is 33.9. The number of oxime groups is 1. The minimum atomic E-state index is -2.93. The molecule has 0 aromatic heterocycles. The van der Waals surface area contributed by atoms with Crippen LogP contribution in [-0.2, 0) is 11.4 Å². The Labute approximate surface area is 142 Å². The molecule has 2 aromatic rings. The summed E-state index contributed by atoms with van der Waals surface area (Å²) in [5.41, 5.74) is 6.96. The second-order valence-electron chi connectivity index (χ2n) is 4.86. The van der Waals surface area contributed by atoms with Crippen molar-refractivity contribution in [2.45, 2.75) is 13.2 Å². The number of carbonyl (C=O) groups is 1. The second-order valence-corrected chi connectivity index (χ2v) is 4.86. The average molecular weight is 350 g/mol. The minimum absolute atomic E-state index is 0.0647. The summed E-state index contributed by atoms with van der Waals surface area (Å²) in [6.07, 6.45) is 1.41. The highest BCUT2D eigenvalue weighted by Crippen LogP contribution is 2.28. The molecule has 0 radical (unpaired) electrons. The van der Waals surface area contributed by atoms with Crippen molar-refractivity contribution in [1.29, 1.82) is 0 Å². The molecule has 0 aliphatic rings. The van der Waals surface area contributed by atoms with Crippen LogP contribution < -0.4 is 15.2 Å². The van der Waals surface area contributed by atoms with E-state index in [1.54, 1.807) is 24.3 Å². The topological polar surface area (TPSA) is 83.1 Å².